The fourth-order valence-electron chi connectivity index (χ4n) is 1.25. The van der Waals surface area contributed by atoms with Crippen LogP contribution in [0.25, 0.3) is 0 Å². The van der Waals surface area contributed by atoms with Gasteiger partial charge in [-0.2, -0.15) is 0 Å². The minimum atomic E-state index is -0.212. The molecule has 1 aromatic rings. The van der Waals surface area contributed by atoms with Gasteiger partial charge in [-0.05, 0) is 36.7 Å². The average Bonchev–Trinajstić information content (AvgIpc) is 2.21. The normalized spacial score (nSPS) is 11.2. The van der Waals surface area contributed by atoms with Crippen molar-refractivity contribution >= 4 is 39.3 Å². The van der Waals surface area contributed by atoms with Gasteiger partial charge in [0.1, 0.15) is 17.3 Å². The number of hydrogen-bond acceptors (Lipinski definition) is 4. The first kappa shape index (κ1) is 15.2. The summed E-state index contributed by atoms with van der Waals surface area (Å²) in [4.78, 5) is 19.4. The Morgan fingerprint density at radius 2 is 2.11 bits per heavy atom. The van der Waals surface area contributed by atoms with Crippen molar-refractivity contribution in [1.29, 1.82) is 0 Å². The number of hydrogen-bond donors (Lipinski definition) is 2. The van der Waals surface area contributed by atoms with Crippen LogP contribution in [0.15, 0.2) is 10.8 Å². The molecule has 0 aliphatic carbocycles. The summed E-state index contributed by atoms with van der Waals surface area (Å²) in [6.45, 7) is 6.31. The summed E-state index contributed by atoms with van der Waals surface area (Å²) in [5.41, 5.74) is -0.212. The van der Waals surface area contributed by atoms with Gasteiger partial charge in [-0.15, -0.1) is 0 Å². The zero-order valence-electron chi connectivity index (χ0n) is 10.6. The van der Waals surface area contributed by atoms with Gasteiger partial charge in [0.2, 0.25) is 5.91 Å². The van der Waals surface area contributed by atoms with Crippen LogP contribution in [0.3, 0.4) is 0 Å². The van der Waals surface area contributed by atoms with E-state index in [4.69, 9.17) is 11.6 Å². The van der Waals surface area contributed by atoms with Gasteiger partial charge < -0.3 is 10.6 Å². The van der Waals surface area contributed by atoms with Crippen LogP contribution in [-0.2, 0) is 4.79 Å². The Kier molecular flexibility index (Phi) is 5.34. The van der Waals surface area contributed by atoms with Crippen molar-refractivity contribution in [3.05, 3.63) is 16.0 Å². The van der Waals surface area contributed by atoms with Crippen molar-refractivity contribution in [3.63, 3.8) is 0 Å². The van der Waals surface area contributed by atoms with Crippen LogP contribution < -0.4 is 10.6 Å². The Balaban J connectivity index is 2.43. The Morgan fingerprint density at radius 1 is 1.44 bits per heavy atom. The van der Waals surface area contributed by atoms with E-state index >= 15 is 0 Å². The lowest BCUT2D eigenvalue weighted by molar-refractivity contribution is -0.122. The van der Waals surface area contributed by atoms with Crippen molar-refractivity contribution in [2.24, 2.45) is 0 Å². The van der Waals surface area contributed by atoms with Crippen LogP contribution >= 0.6 is 27.5 Å². The molecule has 0 saturated carbocycles. The summed E-state index contributed by atoms with van der Waals surface area (Å²) in [7, 11) is 0. The highest BCUT2D eigenvalue weighted by Gasteiger charge is 2.13. The highest BCUT2D eigenvalue weighted by Crippen LogP contribution is 2.25. The third kappa shape index (κ3) is 5.18. The number of nitrogens with zero attached hydrogens (tertiary/aromatic N) is 2. The number of rotatable bonds is 4. The Hall–Kier alpha value is -0.880. The fraction of sp³-hybridized carbons (Fsp3) is 0.545. The van der Waals surface area contributed by atoms with E-state index < -0.39 is 0 Å². The first-order valence-corrected chi connectivity index (χ1v) is 6.67. The van der Waals surface area contributed by atoms with Crippen molar-refractivity contribution in [2.75, 3.05) is 11.9 Å². The minimum absolute atomic E-state index is 0.00808. The highest BCUT2D eigenvalue weighted by molar-refractivity contribution is 9.10. The SMILES string of the molecule is CC(C)(C)NC(=O)CCNc1ncnc(Cl)c1Br. The molecule has 0 unspecified atom stereocenters. The summed E-state index contributed by atoms with van der Waals surface area (Å²) < 4.78 is 0.600. The third-order valence-corrected chi connectivity index (χ3v) is 3.17. The molecule has 0 saturated heterocycles. The van der Waals surface area contributed by atoms with E-state index in [9.17, 15) is 4.79 Å². The predicted octanol–water partition coefficient (Wildman–Crippen LogP) is 2.61. The van der Waals surface area contributed by atoms with Crippen molar-refractivity contribution in [3.8, 4) is 0 Å². The molecule has 0 aliphatic rings. The number of anilines is 1. The van der Waals surface area contributed by atoms with Gasteiger partial charge in [0.15, 0.2) is 0 Å². The first-order chi connectivity index (χ1) is 8.29. The molecule has 5 nitrogen and oxygen atoms in total. The van der Waals surface area contributed by atoms with Gasteiger partial charge in [0, 0.05) is 18.5 Å². The molecular weight excluding hydrogens is 320 g/mol. The second kappa shape index (κ2) is 6.33. The van der Waals surface area contributed by atoms with Gasteiger partial charge in [0.05, 0.1) is 4.47 Å². The molecule has 2 N–H and O–H groups in total. The maximum absolute atomic E-state index is 11.6. The Bertz CT molecular complexity index is 434. The van der Waals surface area contributed by atoms with E-state index in [1.807, 2.05) is 20.8 Å². The second-order valence-electron chi connectivity index (χ2n) is 4.80. The number of carbonyl (C=O) groups excluding carboxylic acids is 1. The van der Waals surface area contributed by atoms with E-state index in [2.05, 4.69) is 36.5 Å². The minimum Gasteiger partial charge on any atom is -0.368 e. The molecule has 0 radical (unpaired) electrons. The number of aromatic nitrogens is 2. The monoisotopic (exact) mass is 334 g/mol. The van der Waals surface area contributed by atoms with E-state index in [0.29, 0.717) is 28.4 Å². The molecular formula is C11H16BrClN4O. The van der Waals surface area contributed by atoms with Crippen LogP contribution in [0.5, 0.6) is 0 Å². The molecule has 1 aromatic heterocycles. The molecule has 0 spiro atoms. The molecule has 1 heterocycles. The van der Waals surface area contributed by atoms with Crippen molar-refractivity contribution < 1.29 is 4.79 Å². The number of halogens is 2. The fourth-order valence-corrected chi connectivity index (χ4v) is 1.72. The topological polar surface area (TPSA) is 66.9 Å². The zero-order chi connectivity index (χ0) is 13.8. The largest absolute Gasteiger partial charge is 0.368 e. The molecule has 0 aromatic carbocycles. The average molecular weight is 336 g/mol. The smallest absolute Gasteiger partial charge is 0.222 e. The van der Waals surface area contributed by atoms with Gasteiger partial charge in [0.25, 0.3) is 0 Å². The quantitative estimate of drug-likeness (QED) is 0.830. The lowest BCUT2D eigenvalue weighted by Gasteiger charge is -2.20. The van der Waals surface area contributed by atoms with Crippen LogP contribution in [-0.4, -0.2) is 28.0 Å². The second-order valence-corrected chi connectivity index (χ2v) is 5.95. The standard InChI is InChI=1S/C11H16BrClN4O/c1-11(2,3)17-7(18)4-5-14-10-8(12)9(13)15-6-16-10/h6H,4-5H2,1-3H3,(H,17,18)(H,14,15,16). The molecule has 1 amide bonds. The lowest BCUT2D eigenvalue weighted by Crippen LogP contribution is -2.41. The van der Waals surface area contributed by atoms with E-state index in [1.54, 1.807) is 0 Å². The van der Waals surface area contributed by atoms with E-state index in [-0.39, 0.29) is 11.4 Å². The van der Waals surface area contributed by atoms with Crippen LogP contribution in [0, 0.1) is 0 Å². The molecule has 0 bridgehead atoms. The maximum Gasteiger partial charge on any atom is 0.222 e. The first-order valence-electron chi connectivity index (χ1n) is 5.50. The number of amides is 1. The molecule has 0 atom stereocenters. The van der Waals surface area contributed by atoms with Gasteiger partial charge in [-0.25, -0.2) is 9.97 Å². The lowest BCUT2D eigenvalue weighted by atomic mass is 10.1. The van der Waals surface area contributed by atoms with E-state index in [0.717, 1.165) is 0 Å². The summed E-state index contributed by atoms with van der Waals surface area (Å²) in [6, 6.07) is 0. The van der Waals surface area contributed by atoms with Gasteiger partial charge >= 0.3 is 0 Å². The molecule has 7 heteroatoms. The summed E-state index contributed by atoms with van der Waals surface area (Å²) >= 11 is 9.10. The van der Waals surface area contributed by atoms with E-state index in [1.165, 1.54) is 6.33 Å². The molecule has 1 rings (SSSR count). The molecule has 18 heavy (non-hydrogen) atoms. The zero-order valence-corrected chi connectivity index (χ0v) is 12.9. The molecule has 100 valence electrons. The number of nitrogens with one attached hydrogen (secondary N) is 2. The van der Waals surface area contributed by atoms with Crippen molar-refractivity contribution in [2.45, 2.75) is 32.7 Å². The number of carbonyl (C=O) groups is 1. The molecule has 0 fully saturated rings. The van der Waals surface area contributed by atoms with Crippen LogP contribution in [0.2, 0.25) is 5.15 Å². The summed E-state index contributed by atoms with van der Waals surface area (Å²) in [6.07, 6.45) is 1.73. The third-order valence-electron chi connectivity index (χ3n) is 1.91. The van der Waals surface area contributed by atoms with Gasteiger partial charge in [-0.3, -0.25) is 4.79 Å². The maximum atomic E-state index is 11.6. The molecule has 0 aliphatic heterocycles. The van der Waals surface area contributed by atoms with Crippen LogP contribution in [0.1, 0.15) is 27.2 Å². The van der Waals surface area contributed by atoms with Crippen molar-refractivity contribution in [1.82, 2.24) is 15.3 Å². The predicted molar refractivity (Wildman–Crippen MR) is 75.7 cm³/mol. The highest BCUT2D eigenvalue weighted by atomic mass is 79.9. The Labute approximate surface area is 120 Å². The Morgan fingerprint density at radius 3 is 2.72 bits per heavy atom. The summed E-state index contributed by atoms with van der Waals surface area (Å²) in [5, 5.41) is 6.25. The van der Waals surface area contributed by atoms with Gasteiger partial charge in [-0.1, -0.05) is 11.6 Å². The summed E-state index contributed by atoms with van der Waals surface area (Å²) in [5.74, 6) is 0.574. The van der Waals surface area contributed by atoms with Crippen LogP contribution in [0.4, 0.5) is 5.82 Å².